The number of hydrogen-bond donors (Lipinski definition) is 1. The summed E-state index contributed by atoms with van der Waals surface area (Å²) in [5.74, 6) is 0.306. The minimum Gasteiger partial charge on any atom is -0.229 e. The largest absolute Gasteiger partial charge is 0.229 e. The van der Waals surface area contributed by atoms with Crippen LogP contribution in [0.4, 0.5) is 0 Å². The Labute approximate surface area is 62.7 Å². The molecule has 0 amide bonds. The minimum absolute atomic E-state index is 0.112. The van der Waals surface area contributed by atoms with E-state index in [-0.39, 0.29) is 11.7 Å². The van der Waals surface area contributed by atoms with Gasteiger partial charge in [0.15, 0.2) is 0 Å². The summed E-state index contributed by atoms with van der Waals surface area (Å²) in [5, 5.41) is 4.84. The summed E-state index contributed by atoms with van der Waals surface area (Å²) < 4.78 is 21.0. The summed E-state index contributed by atoms with van der Waals surface area (Å²) in [6, 6.07) is 0. The van der Waals surface area contributed by atoms with Crippen LogP contribution in [0, 0.1) is 5.92 Å². The molecule has 10 heavy (non-hydrogen) atoms. The molecule has 0 aromatic rings. The highest BCUT2D eigenvalue weighted by Gasteiger charge is 2.08. The predicted molar refractivity (Wildman–Crippen MR) is 42.0 cm³/mol. The highest BCUT2D eigenvalue weighted by Crippen LogP contribution is 2.05. The first-order valence-corrected chi connectivity index (χ1v) is 5.17. The molecule has 62 valence electrons. The van der Waals surface area contributed by atoms with Crippen molar-refractivity contribution in [3.8, 4) is 0 Å². The molecule has 2 N–H and O–H groups in total. The maximum Gasteiger partial charge on any atom is 0.209 e. The molecule has 0 aliphatic heterocycles. The predicted octanol–water partition coefficient (Wildman–Crippen LogP) is 0.711. The van der Waals surface area contributed by atoms with Crippen molar-refractivity contribution in [2.45, 2.75) is 26.7 Å². The van der Waals surface area contributed by atoms with E-state index in [9.17, 15) is 8.42 Å². The first-order chi connectivity index (χ1) is 4.45. The summed E-state index contributed by atoms with van der Waals surface area (Å²) in [5.41, 5.74) is 0. The van der Waals surface area contributed by atoms with Crippen LogP contribution in [-0.2, 0) is 10.0 Å². The second-order valence-corrected chi connectivity index (χ2v) is 4.38. The van der Waals surface area contributed by atoms with Crippen LogP contribution in [0.3, 0.4) is 0 Å². The van der Waals surface area contributed by atoms with Gasteiger partial charge in [-0.3, -0.25) is 0 Å². The first-order valence-electron chi connectivity index (χ1n) is 3.46. The highest BCUT2D eigenvalue weighted by molar-refractivity contribution is 7.89. The lowest BCUT2D eigenvalue weighted by molar-refractivity contribution is 0.546. The van der Waals surface area contributed by atoms with E-state index < -0.39 is 10.0 Å². The average molecular weight is 165 g/mol. The molecule has 0 aromatic carbocycles. The van der Waals surface area contributed by atoms with E-state index in [0.29, 0.717) is 0 Å². The average Bonchev–Trinajstić information content (AvgIpc) is 1.59. The van der Waals surface area contributed by atoms with E-state index in [1.165, 1.54) is 0 Å². The van der Waals surface area contributed by atoms with Gasteiger partial charge in [0.25, 0.3) is 0 Å². The van der Waals surface area contributed by atoms with Gasteiger partial charge in [0.05, 0.1) is 5.75 Å². The van der Waals surface area contributed by atoms with Crippen molar-refractivity contribution >= 4 is 10.0 Å². The van der Waals surface area contributed by atoms with Gasteiger partial charge in [-0.05, 0) is 12.3 Å². The minimum atomic E-state index is -3.25. The number of nitrogens with two attached hydrogens (primary N) is 1. The van der Waals surface area contributed by atoms with Gasteiger partial charge in [-0.15, -0.1) is 0 Å². The molecule has 0 aliphatic rings. The second kappa shape index (κ2) is 3.93. The molecule has 0 radical (unpaired) electrons. The Morgan fingerprint density at radius 3 is 2.30 bits per heavy atom. The van der Waals surface area contributed by atoms with Gasteiger partial charge in [0.2, 0.25) is 10.0 Å². The lowest BCUT2D eigenvalue weighted by atomic mass is 10.1. The molecule has 0 unspecified atom stereocenters. The third-order valence-electron chi connectivity index (χ3n) is 1.30. The van der Waals surface area contributed by atoms with Gasteiger partial charge in [-0.2, -0.15) is 0 Å². The van der Waals surface area contributed by atoms with E-state index in [1.807, 2.05) is 13.8 Å². The number of hydrogen-bond acceptors (Lipinski definition) is 2. The normalized spacial score (nSPS) is 15.1. The standard InChI is InChI=1S/C6H15NO2S/c1-3-4-6(2)5-10(7,8)9/h6H,3-5H2,1-2H3,(H2,7,8,9)/t6-/m1/s1. The SMILES string of the molecule is CCC[C@@H](C)CS(N)(=O)=O. The van der Waals surface area contributed by atoms with Gasteiger partial charge in [-0.25, -0.2) is 13.6 Å². The van der Waals surface area contributed by atoms with Crippen LogP contribution in [0.15, 0.2) is 0 Å². The van der Waals surface area contributed by atoms with Gasteiger partial charge >= 0.3 is 0 Å². The van der Waals surface area contributed by atoms with Crippen molar-refractivity contribution < 1.29 is 8.42 Å². The third kappa shape index (κ3) is 6.04. The Kier molecular flexibility index (Phi) is 3.89. The number of primary sulfonamides is 1. The molecular weight excluding hydrogens is 150 g/mol. The molecule has 0 fully saturated rings. The monoisotopic (exact) mass is 165 g/mol. The maximum absolute atomic E-state index is 10.5. The zero-order chi connectivity index (χ0) is 8.20. The Balaban J connectivity index is 3.69. The molecule has 0 aliphatic carbocycles. The van der Waals surface area contributed by atoms with Crippen LogP contribution in [0.2, 0.25) is 0 Å². The zero-order valence-electron chi connectivity index (χ0n) is 6.50. The van der Waals surface area contributed by atoms with E-state index >= 15 is 0 Å². The van der Waals surface area contributed by atoms with Crippen molar-refractivity contribution in [2.24, 2.45) is 11.1 Å². The smallest absolute Gasteiger partial charge is 0.209 e. The fourth-order valence-corrected chi connectivity index (χ4v) is 1.93. The number of rotatable bonds is 4. The zero-order valence-corrected chi connectivity index (χ0v) is 7.32. The van der Waals surface area contributed by atoms with Crippen molar-refractivity contribution in [1.29, 1.82) is 0 Å². The molecule has 0 saturated heterocycles. The summed E-state index contributed by atoms with van der Waals surface area (Å²) in [7, 11) is -3.25. The van der Waals surface area contributed by atoms with Crippen LogP contribution in [0.1, 0.15) is 26.7 Å². The molecule has 1 atom stereocenters. The van der Waals surface area contributed by atoms with Crippen LogP contribution in [0.25, 0.3) is 0 Å². The van der Waals surface area contributed by atoms with Crippen LogP contribution in [0.5, 0.6) is 0 Å². The van der Waals surface area contributed by atoms with Crippen molar-refractivity contribution in [1.82, 2.24) is 0 Å². The molecule has 0 heterocycles. The Hall–Kier alpha value is -0.0900. The van der Waals surface area contributed by atoms with Gasteiger partial charge < -0.3 is 0 Å². The molecule has 3 nitrogen and oxygen atoms in total. The van der Waals surface area contributed by atoms with E-state index in [4.69, 9.17) is 5.14 Å². The molecule has 0 aromatic heterocycles. The summed E-state index contributed by atoms with van der Waals surface area (Å²) in [4.78, 5) is 0. The van der Waals surface area contributed by atoms with Gasteiger partial charge in [0, 0.05) is 0 Å². The lowest BCUT2D eigenvalue weighted by Crippen LogP contribution is -2.21. The Morgan fingerprint density at radius 2 is 2.00 bits per heavy atom. The topological polar surface area (TPSA) is 60.2 Å². The van der Waals surface area contributed by atoms with Gasteiger partial charge in [-0.1, -0.05) is 20.3 Å². The highest BCUT2D eigenvalue weighted by atomic mass is 32.2. The van der Waals surface area contributed by atoms with Crippen LogP contribution in [-0.4, -0.2) is 14.2 Å². The molecular formula is C6H15NO2S. The molecule has 0 saturated carbocycles. The third-order valence-corrected chi connectivity index (χ3v) is 2.33. The summed E-state index contributed by atoms with van der Waals surface area (Å²) in [6.45, 7) is 3.92. The fourth-order valence-electron chi connectivity index (χ4n) is 0.973. The van der Waals surface area contributed by atoms with Crippen LogP contribution >= 0.6 is 0 Å². The van der Waals surface area contributed by atoms with E-state index in [0.717, 1.165) is 12.8 Å². The molecule has 0 bridgehead atoms. The lowest BCUT2D eigenvalue weighted by Gasteiger charge is -2.06. The Bertz CT molecular complexity index is 174. The summed E-state index contributed by atoms with van der Waals surface area (Å²) >= 11 is 0. The first kappa shape index (κ1) is 9.91. The van der Waals surface area contributed by atoms with Crippen LogP contribution < -0.4 is 5.14 Å². The molecule has 0 spiro atoms. The van der Waals surface area contributed by atoms with Gasteiger partial charge in [0.1, 0.15) is 0 Å². The quantitative estimate of drug-likeness (QED) is 0.667. The summed E-state index contributed by atoms with van der Waals surface area (Å²) in [6.07, 6.45) is 1.94. The van der Waals surface area contributed by atoms with E-state index in [2.05, 4.69) is 0 Å². The molecule has 0 rings (SSSR count). The number of sulfonamides is 1. The maximum atomic E-state index is 10.5. The van der Waals surface area contributed by atoms with E-state index in [1.54, 1.807) is 0 Å². The van der Waals surface area contributed by atoms with Crippen molar-refractivity contribution in [3.05, 3.63) is 0 Å². The van der Waals surface area contributed by atoms with Crippen molar-refractivity contribution in [3.63, 3.8) is 0 Å². The Morgan fingerprint density at radius 1 is 1.50 bits per heavy atom. The van der Waals surface area contributed by atoms with Crippen molar-refractivity contribution in [2.75, 3.05) is 5.75 Å². The fraction of sp³-hybridized carbons (Fsp3) is 1.00. The second-order valence-electron chi connectivity index (χ2n) is 2.72. The molecule has 4 heteroatoms.